The van der Waals surface area contributed by atoms with Crippen molar-refractivity contribution >= 4 is 51.0 Å². The Morgan fingerprint density at radius 1 is 0.983 bits per heavy atom. The molecule has 0 radical (unpaired) electrons. The smallest absolute Gasteiger partial charge is 0.313 e. The van der Waals surface area contributed by atoms with E-state index in [-0.39, 0.29) is 31.9 Å². The van der Waals surface area contributed by atoms with E-state index in [4.69, 9.17) is 14.2 Å². The number of benzene rings is 3. The number of likely N-dealkylation sites (tertiary alicyclic amines) is 1. The molecule has 3 amide bonds. The van der Waals surface area contributed by atoms with Crippen LogP contribution in [0, 0.1) is 11.8 Å². The summed E-state index contributed by atoms with van der Waals surface area (Å²) >= 11 is 3.78. The maximum atomic E-state index is 15.4. The van der Waals surface area contributed by atoms with E-state index in [0.29, 0.717) is 23.2 Å². The molecule has 0 aromatic heterocycles. The van der Waals surface area contributed by atoms with Crippen LogP contribution in [0.15, 0.2) is 110 Å². The molecule has 13 heteroatoms. The topological polar surface area (TPSA) is 138 Å². The van der Waals surface area contributed by atoms with Gasteiger partial charge in [-0.25, -0.2) is 0 Å². The monoisotopic (exact) mass is 870 g/mol. The first-order valence-electron chi connectivity index (χ1n) is 20.3. The van der Waals surface area contributed by atoms with Crippen LogP contribution >= 0.6 is 15.9 Å². The Kier molecular flexibility index (Phi) is 14.5. The van der Waals surface area contributed by atoms with Crippen molar-refractivity contribution in [1.82, 2.24) is 10.2 Å². The van der Waals surface area contributed by atoms with Crippen molar-refractivity contribution in [1.29, 1.82) is 0 Å². The molecular weight excluding hydrogens is 816 g/mol. The second-order valence-electron chi connectivity index (χ2n) is 15.2. The largest absolute Gasteiger partial charge is 0.455 e. The number of nitrogens with one attached hydrogen (secondary N) is 1. The molecule has 6 rings (SSSR count). The van der Waals surface area contributed by atoms with E-state index in [9.17, 15) is 14.7 Å². The van der Waals surface area contributed by atoms with Crippen molar-refractivity contribution in [2.75, 3.05) is 49.8 Å². The van der Waals surface area contributed by atoms with E-state index in [0.717, 1.165) is 18.8 Å². The zero-order chi connectivity index (χ0) is 42.3. The molecule has 1 unspecified atom stereocenters. The third-order valence-corrected chi connectivity index (χ3v) is 12.6. The number of aliphatic hydroxyl groups is 1. The number of anilines is 2. The minimum absolute atomic E-state index is 0.0271. The predicted molar refractivity (Wildman–Crippen MR) is 230 cm³/mol. The van der Waals surface area contributed by atoms with Crippen LogP contribution in [0.5, 0.6) is 0 Å². The van der Waals surface area contributed by atoms with E-state index in [2.05, 4.69) is 53.2 Å². The number of alkyl halides is 1. The quantitative estimate of drug-likeness (QED) is 0.0807. The molecule has 3 aromatic rings. The highest BCUT2D eigenvalue weighted by Gasteiger charge is 2.78. The second kappa shape index (κ2) is 19.5. The average molecular weight is 872 g/mol. The molecule has 59 heavy (non-hydrogen) atoms. The number of nitrogens with zero attached hydrogens (tertiary/aromatic N) is 3. The number of esters is 1. The average Bonchev–Trinajstić information content (AvgIpc) is 3.85. The fourth-order valence-corrected chi connectivity index (χ4v) is 10.1. The Morgan fingerprint density at radius 2 is 1.61 bits per heavy atom. The number of allylic oxidation sites excluding steroid dienone is 1. The van der Waals surface area contributed by atoms with E-state index in [1.165, 1.54) is 12.0 Å². The van der Waals surface area contributed by atoms with Crippen LogP contribution in [0.25, 0.3) is 0 Å². The number of hydrogen-bond acceptors (Lipinski definition) is 9. The van der Waals surface area contributed by atoms with Gasteiger partial charge in [-0.15, -0.1) is 13.2 Å². The molecule has 3 heterocycles. The zero-order valence-corrected chi connectivity index (χ0v) is 35.5. The zero-order valence-electron chi connectivity index (χ0n) is 34.0. The Morgan fingerprint density at radius 3 is 2.19 bits per heavy atom. The number of halogens is 1. The third-order valence-electron chi connectivity index (χ3n) is 11.8. The van der Waals surface area contributed by atoms with Crippen molar-refractivity contribution in [3.8, 4) is 0 Å². The van der Waals surface area contributed by atoms with Crippen LogP contribution in [0.2, 0.25) is 0 Å². The molecule has 2 N–H and O–H groups in total. The standard InChI is InChI=1S/C46H55BrN4O8/c1-6-10-21-37(53)48-35(29-57-5)40(31-19-15-12-16-20-31)58-45(56)38-39-43(54)51(36(28-52)30-17-13-11-14-18-30)42(46(39)27-34(47)41(38)59-46)44(55)50(26-7-2)33-24-22-32(23-25-33)49(8-3)9-4/h6-7,11-20,22-25,34-36,38-42,52H,1-2,8-10,21,26-29H2,3-5H3,(H,48,53)/t34?,35-,36-,38+,39-,40-,41+,42+,46-/m1/s1. The van der Waals surface area contributed by atoms with Gasteiger partial charge in [-0.05, 0) is 62.1 Å². The molecule has 3 aliphatic rings. The van der Waals surface area contributed by atoms with Crippen molar-refractivity contribution < 1.29 is 38.5 Å². The summed E-state index contributed by atoms with van der Waals surface area (Å²) in [6, 6.07) is 22.8. The summed E-state index contributed by atoms with van der Waals surface area (Å²) < 4.78 is 18.8. The lowest BCUT2D eigenvalue weighted by atomic mass is 9.70. The molecule has 0 aliphatic carbocycles. The van der Waals surface area contributed by atoms with Gasteiger partial charge in [0.15, 0.2) is 0 Å². The molecule has 3 saturated heterocycles. The summed E-state index contributed by atoms with van der Waals surface area (Å²) in [4.78, 5) is 63.4. The highest BCUT2D eigenvalue weighted by atomic mass is 79.9. The summed E-state index contributed by atoms with van der Waals surface area (Å²) in [7, 11) is 1.50. The molecule has 3 aromatic carbocycles. The predicted octanol–water partition coefficient (Wildman–Crippen LogP) is 5.92. The lowest BCUT2D eigenvalue weighted by Crippen LogP contribution is -2.57. The van der Waals surface area contributed by atoms with Gasteiger partial charge in [0.1, 0.15) is 17.7 Å². The van der Waals surface area contributed by atoms with Gasteiger partial charge in [0, 0.05) is 49.4 Å². The molecule has 314 valence electrons. The van der Waals surface area contributed by atoms with E-state index in [1.807, 2.05) is 60.7 Å². The van der Waals surface area contributed by atoms with Crippen molar-refractivity contribution in [2.45, 2.75) is 73.9 Å². The first kappa shape index (κ1) is 43.8. The molecule has 12 nitrogen and oxygen atoms in total. The minimum atomic E-state index is -1.47. The molecule has 1 spiro atoms. The molecule has 0 saturated carbocycles. The number of aliphatic hydroxyl groups excluding tert-OH is 1. The summed E-state index contributed by atoms with van der Waals surface area (Å²) in [5, 5.41) is 14.0. The fraction of sp³-hybridized carbons (Fsp3) is 0.435. The molecule has 9 atom stereocenters. The highest BCUT2D eigenvalue weighted by molar-refractivity contribution is 9.09. The molecule has 3 fully saturated rings. The maximum Gasteiger partial charge on any atom is 0.313 e. The lowest BCUT2D eigenvalue weighted by Gasteiger charge is -2.39. The maximum absolute atomic E-state index is 15.4. The van der Waals surface area contributed by atoms with Gasteiger partial charge < -0.3 is 39.3 Å². The molecule has 3 aliphatic heterocycles. The van der Waals surface area contributed by atoms with Gasteiger partial charge >= 0.3 is 5.97 Å². The van der Waals surface area contributed by atoms with Crippen molar-refractivity contribution in [2.24, 2.45) is 11.8 Å². The summed E-state index contributed by atoms with van der Waals surface area (Å²) in [6.45, 7) is 13.1. The van der Waals surface area contributed by atoms with Gasteiger partial charge in [-0.3, -0.25) is 19.2 Å². The first-order chi connectivity index (χ1) is 28.6. The van der Waals surface area contributed by atoms with Crippen LogP contribution in [0.1, 0.15) is 56.4 Å². The number of methoxy groups -OCH3 is 1. The number of carbonyl (C=O) groups excluding carboxylic acids is 4. The highest BCUT2D eigenvalue weighted by Crippen LogP contribution is 2.61. The Bertz CT molecular complexity index is 1950. The summed E-state index contributed by atoms with van der Waals surface area (Å²) in [6.07, 6.45) is 2.35. The van der Waals surface area contributed by atoms with Crippen molar-refractivity contribution in [3.05, 3.63) is 121 Å². The third kappa shape index (κ3) is 8.61. The summed E-state index contributed by atoms with van der Waals surface area (Å²) in [5.41, 5.74) is 1.38. The van der Waals surface area contributed by atoms with Gasteiger partial charge in [0.2, 0.25) is 11.8 Å². The fourth-order valence-electron chi connectivity index (χ4n) is 9.14. The Hall–Kier alpha value is -4.82. The van der Waals surface area contributed by atoms with Crippen LogP contribution in [-0.2, 0) is 33.4 Å². The summed E-state index contributed by atoms with van der Waals surface area (Å²) in [5.74, 6) is -4.16. The van der Waals surface area contributed by atoms with Crippen LogP contribution in [0.4, 0.5) is 11.4 Å². The number of carbonyl (C=O) groups is 4. The Labute approximate surface area is 355 Å². The van der Waals surface area contributed by atoms with Gasteiger partial charge in [0.25, 0.3) is 5.91 Å². The number of ether oxygens (including phenoxy) is 3. The van der Waals surface area contributed by atoms with Gasteiger partial charge in [-0.2, -0.15) is 0 Å². The van der Waals surface area contributed by atoms with Gasteiger partial charge in [-0.1, -0.05) is 88.7 Å². The SMILES string of the molecule is C=CCCC(=O)N[C@H](COC)[C@H](OC(=O)[C@@H]1[C@H]2O[C@@]3(CC2Br)[C@H](C(=O)N(CC=C)c2ccc(N(CC)CC)cc2)N([C@H](CO)c2ccccc2)C(=O)[C@@H]13)c1ccccc1. The van der Waals surface area contributed by atoms with Crippen LogP contribution in [-0.4, -0.2) is 102 Å². The van der Waals surface area contributed by atoms with E-state index < -0.39 is 77.0 Å². The molecule has 2 bridgehead atoms. The van der Waals surface area contributed by atoms with Crippen LogP contribution in [0.3, 0.4) is 0 Å². The van der Waals surface area contributed by atoms with E-state index in [1.54, 1.807) is 41.3 Å². The first-order valence-corrected chi connectivity index (χ1v) is 21.2. The normalized spacial score (nSPS) is 24.5. The van der Waals surface area contributed by atoms with Gasteiger partial charge in [0.05, 0.1) is 43.2 Å². The Balaban J connectivity index is 1.42. The second-order valence-corrected chi connectivity index (χ2v) is 16.3. The van der Waals surface area contributed by atoms with Crippen LogP contribution < -0.4 is 15.1 Å². The number of hydrogen-bond donors (Lipinski definition) is 2. The minimum Gasteiger partial charge on any atom is -0.455 e. The molecular formula is C46H55BrN4O8. The number of amides is 3. The lowest BCUT2D eigenvalue weighted by molar-refractivity contribution is -0.163. The number of rotatable bonds is 20. The van der Waals surface area contributed by atoms with E-state index >= 15 is 9.59 Å². The number of fused-ring (bicyclic) bond motifs is 1. The van der Waals surface area contributed by atoms with Crippen molar-refractivity contribution in [3.63, 3.8) is 0 Å².